The maximum Gasteiger partial charge on any atom is 0.265 e. The van der Waals surface area contributed by atoms with E-state index in [2.05, 4.69) is 42.9 Å². The zero-order valence-corrected chi connectivity index (χ0v) is 14.2. The van der Waals surface area contributed by atoms with Crippen molar-refractivity contribution in [2.24, 2.45) is 5.41 Å². The molecule has 1 aliphatic carbocycles. The normalized spacial score (nSPS) is 20.5. The standard InChI is InChI=1S/C15H26N4OS/c1-5-19(6-2)14-18-12(16)11(21-14)13(20)17-10-8-7-9-15(10,3)4/h10H,5-9,16H2,1-4H3,(H,17,20). The van der Waals surface area contributed by atoms with Crippen LogP contribution in [0.15, 0.2) is 0 Å². The third-order valence-corrected chi connectivity index (χ3v) is 5.58. The minimum Gasteiger partial charge on any atom is -0.382 e. The topological polar surface area (TPSA) is 71.2 Å². The number of nitrogens with two attached hydrogens (primary N) is 1. The first-order valence-electron chi connectivity index (χ1n) is 7.71. The van der Waals surface area contributed by atoms with Crippen LogP contribution in [0.5, 0.6) is 0 Å². The van der Waals surface area contributed by atoms with E-state index in [-0.39, 0.29) is 17.4 Å². The zero-order valence-electron chi connectivity index (χ0n) is 13.4. The van der Waals surface area contributed by atoms with Crippen molar-refractivity contribution in [2.45, 2.75) is 53.0 Å². The van der Waals surface area contributed by atoms with Crippen LogP contribution in [0, 0.1) is 5.41 Å². The average Bonchev–Trinajstić information content (AvgIpc) is 2.95. The van der Waals surface area contributed by atoms with Gasteiger partial charge < -0.3 is 16.0 Å². The number of carbonyl (C=O) groups is 1. The number of rotatable bonds is 5. The monoisotopic (exact) mass is 310 g/mol. The molecular formula is C15H26N4OS. The number of carbonyl (C=O) groups excluding carboxylic acids is 1. The molecule has 0 spiro atoms. The van der Waals surface area contributed by atoms with Crippen LogP contribution in [0.2, 0.25) is 0 Å². The molecule has 2 rings (SSSR count). The van der Waals surface area contributed by atoms with Gasteiger partial charge in [-0.3, -0.25) is 4.79 Å². The Morgan fingerprint density at radius 1 is 1.48 bits per heavy atom. The van der Waals surface area contributed by atoms with E-state index >= 15 is 0 Å². The lowest BCUT2D eigenvalue weighted by Crippen LogP contribution is -2.41. The van der Waals surface area contributed by atoms with E-state index in [0.29, 0.717) is 10.7 Å². The van der Waals surface area contributed by atoms with Gasteiger partial charge in [-0.25, -0.2) is 4.98 Å². The Bertz CT molecular complexity index is 508. The Morgan fingerprint density at radius 2 is 2.14 bits per heavy atom. The molecule has 5 nitrogen and oxygen atoms in total. The Morgan fingerprint density at radius 3 is 2.67 bits per heavy atom. The molecule has 0 radical (unpaired) electrons. The molecular weight excluding hydrogens is 284 g/mol. The third-order valence-electron chi connectivity index (χ3n) is 4.44. The number of nitrogens with zero attached hydrogens (tertiary/aromatic N) is 2. The van der Waals surface area contributed by atoms with E-state index in [1.54, 1.807) is 0 Å². The highest BCUT2D eigenvalue weighted by atomic mass is 32.1. The first kappa shape index (κ1) is 16.1. The van der Waals surface area contributed by atoms with Crippen LogP contribution in [0.4, 0.5) is 10.9 Å². The predicted octanol–water partition coefficient (Wildman–Crippen LogP) is 2.88. The molecule has 1 aromatic rings. The van der Waals surface area contributed by atoms with Gasteiger partial charge in [0.2, 0.25) is 0 Å². The van der Waals surface area contributed by atoms with Gasteiger partial charge in [-0.05, 0) is 32.1 Å². The van der Waals surface area contributed by atoms with E-state index in [1.165, 1.54) is 17.8 Å². The first-order chi connectivity index (χ1) is 9.89. The van der Waals surface area contributed by atoms with Gasteiger partial charge in [0.25, 0.3) is 5.91 Å². The number of amides is 1. The van der Waals surface area contributed by atoms with Crippen LogP contribution in [0.25, 0.3) is 0 Å². The maximum atomic E-state index is 12.5. The summed E-state index contributed by atoms with van der Waals surface area (Å²) in [6, 6.07) is 0.225. The summed E-state index contributed by atoms with van der Waals surface area (Å²) in [7, 11) is 0. The van der Waals surface area contributed by atoms with Crippen LogP contribution in [0.1, 0.15) is 56.6 Å². The highest BCUT2D eigenvalue weighted by Crippen LogP contribution is 2.37. The smallest absolute Gasteiger partial charge is 0.265 e. The van der Waals surface area contributed by atoms with Crippen LogP contribution >= 0.6 is 11.3 Å². The number of aromatic nitrogens is 1. The van der Waals surface area contributed by atoms with E-state index in [4.69, 9.17) is 5.73 Å². The second-order valence-corrected chi connectivity index (χ2v) is 7.27. The number of thiazole rings is 1. The van der Waals surface area contributed by atoms with Gasteiger partial charge in [0, 0.05) is 19.1 Å². The van der Waals surface area contributed by atoms with Crippen LogP contribution in [-0.4, -0.2) is 30.0 Å². The predicted molar refractivity (Wildman–Crippen MR) is 89.0 cm³/mol. The van der Waals surface area contributed by atoms with Gasteiger partial charge in [-0.1, -0.05) is 31.6 Å². The molecule has 6 heteroatoms. The van der Waals surface area contributed by atoms with Crippen molar-refractivity contribution >= 4 is 28.2 Å². The second kappa shape index (κ2) is 6.22. The quantitative estimate of drug-likeness (QED) is 0.877. The van der Waals surface area contributed by atoms with Crippen molar-refractivity contribution in [3.63, 3.8) is 0 Å². The van der Waals surface area contributed by atoms with Gasteiger partial charge >= 0.3 is 0 Å². The van der Waals surface area contributed by atoms with E-state index in [0.717, 1.165) is 31.1 Å². The number of nitrogen functional groups attached to an aromatic ring is 1. The van der Waals surface area contributed by atoms with Gasteiger partial charge in [-0.2, -0.15) is 0 Å². The molecule has 0 aliphatic heterocycles. The summed E-state index contributed by atoms with van der Waals surface area (Å²) in [5, 5.41) is 3.97. The largest absolute Gasteiger partial charge is 0.382 e. The fourth-order valence-corrected chi connectivity index (χ4v) is 3.95. The molecule has 0 bridgehead atoms. The van der Waals surface area contributed by atoms with Crippen LogP contribution in [0.3, 0.4) is 0 Å². The van der Waals surface area contributed by atoms with Crippen molar-refractivity contribution in [3.05, 3.63) is 4.88 Å². The molecule has 1 heterocycles. The molecule has 118 valence electrons. The lowest BCUT2D eigenvalue weighted by Gasteiger charge is -2.27. The van der Waals surface area contributed by atoms with Gasteiger partial charge in [-0.15, -0.1) is 0 Å². The van der Waals surface area contributed by atoms with Gasteiger partial charge in [0.1, 0.15) is 10.7 Å². The van der Waals surface area contributed by atoms with Gasteiger partial charge in [0.05, 0.1) is 0 Å². The SMILES string of the molecule is CCN(CC)c1nc(N)c(C(=O)NC2CCCC2(C)C)s1. The Hall–Kier alpha value is -1.30. The summed E-state index contributed by atoms with van der Waals surface area (Å²) in [6.07, 6.45) is 3.36. The first-order valence-corrected chi connectivity index (χ1v) is 8.52. The lowest BCUT2D eigenvalue weighted by molar-refractivity contribution is 0.0915. The van der Waals surface area contributed by atoms with Crippen molar-refractivity contribution in [2.75, 3.05) is 23.7 Å². The molecule has 1 amide bonds. The summed E-state index contributed by atoms with van der Waals surface area (Å²) in [6.45, 7) is 10.3. The Kier molecular flexibility index (Phi) is 4.76. The summed E-state index contributed by atoms with van der Waals surface area (Å²) in [5.41, 5.74) is 6.11. The molecule has 1 aliphatic rings. The van der Waals surface area contributed by atoms with Crippen LogP contribution in [-0.2, 0) is 0 Å². The highest BCUT2D eigenvalue weighted by Gasteiger charge is 2.36. The Labute approximate surface area is 130 Å². The van der Waals surface area contributed by atoms with E-state index in [1.807, 2.05) is 0 Å². The third kappa shape index (κ3) is 3.31. The number of anilines is 2. The second-order valence-electron chi connectivity index (χ2n) is 6.29. The number of nitrogens with one attached hydrogen (secondary N) is 1. The summed E-state index contributed by atoms with van der Waals surface area (Å²) >= 11 is 1.39. The molecule has 1 unspecified atom stereocenters. The zero-order chi connectivity index (χ0) is 15.6. The Balaban J connectivity index is 2.13. The fourth-order valence-electron chi connectivity index (χ4n) is 2.93. The maximum absolute atomic E-state index is 12.5. The molecule has 0 aromatic carbocycles. The molecule has 1 fully saturated rings. The highest BCUT2D eigenvalue weighted by molar-refractivity contribution is 7.18. The molecule has 1 saturated carbocycles. The van der Waals surface area contributed by atoms with Crippen molar-refractivity contribution in [1.82, 2.24) is 10.3 Å². The van der Waals surface area contributed by atoms with E-state index < -0.39 is 0 Å². The average molecular weight is 310 g/mol. The summed E-state index contributed by atoms with van der Waals surface area (Å²) in [5.74, 6) is 0.263. The van der Waals surface area contributed by atoms with Crippen molar-refractivity contribution < 1.29 is 4.79 Å². The molecule has 3 N–H and O–H groups in total. The van der Waals surface area contributed by atoms with E-state index in [9.17, 15) is 4.79 Å². The van der Waals surface area contributed by atoms with Crippen molar-refractivity contribution in [3.8, 4) is 0 Å². The summed E-state index contributed by atoms with van der Waals surface area (Å²) in [4.78, 5) is 19.5. The van der Waals surface area contributed by atoms with Crippen molar-refractivity contribution in [1.29, 1.82) is 0 Å². The van der Waals surface area contributed by atoms with Gasteiger partial charge in [0.15, 0.2) is 5.13 Å². The molecule has 0 saturated heterocycles. The fraction of sp³-hybridized carbons (Fsp3) is 0.733. The minimum absolute atomic E-state index is 0.0802. The lowest BCUT2D eigenvalue weighted by atomic mass is 9.87. The minimum atomic E-state index is -0.0802. The van der Waals surface area contributed by atoms with Crippen LogP contribution < -0.4 is 16.0 Å². The molecule has 21 heavy (non-hydrogen) atoms. The molecule has 1 atom stereocenters. The number of hydrogen-bond donors (Lipinski definition) is 2. The number of hydrogen-bond acceptors (Lipinski definition) is 5. The molecule has 1 aromatic heterocycles. The summed E-state index contributed by atoms with van der Waals surface area (Å²) < 4.78 is 0.